The molecule has 3 rings (SSSR count). The van der Waals surface area contributed by atoms with E-state index in [1.54, 1.807) is 48.5 Å². The number of rotatable bonds is 6. The number of esters is 2. The molecule has 26 heavy (non-hydrogen) atoms. The molecule has 6 nitrogen and oxygen atoms in total. The predicted molar refractivity (Wildman–Crippen MR) is 92.9 cm³/mol. The third-order valence-corrected chi connectivity index (χ3v) is 3.86. The average Bonchev–Trinajstić information content (AvgIpc) is 2.72. The summed E-state index contributed by atoms with van der Waals surface area (Å²) in [5, 5.41) is 0. The third kappa shape index (κ3) is 5.15. The molecular weight excluding hydrogens is 336 g/mol. The van der Waals surface area contributed by atoms with Gasteiger partial charge in [0.25, 0.3) is 0 Å². The standard InChI is InChI=1S/C20H20O6/c21-19(15-7-3-1-4-8-15)25-13-17-11-24-18(12-23-17)14-26-20(22)16-9-5-2-6-10-16/h1-10,17-18H,11-14H2/t17-,18-/m0/s1. The summed E-state index contributed by atoms with van der Waals surface area (Å²) in [7, 11) is 0. The summed E-state index contributed by atoms with van der Waals surface area (Å²) in [5.41, 5.74) is 0.991. The van der Waals surface area contributed by atoms with E-state index in [4.69, 9.17) is 18.9 Å². The molecule has 2 atom stereocenters. The normalized spacial score (nSPS) is 19.5. The van der Waals surface area contributed by atoms with Crippen molar-refractivity contribution in [2.75, 3.05) is 26.4 Å². The Morgan fingerprint density at radius 3 is 1.46 bits per heavy atom. The highest BCUT2D eigenvalue weighted by molar-refractivity contribution is 5.89. The van der Waals surface area contributed by atoms with Crippen LogP contribution in [-0.4, -0.2) is 50.6 Å². The van der Waals surface area contributed by atoms with Crippen LogP contribution in [-0.2, 0) is 18.9 Å². The zero-order valence-electron chi connectivity index (χ0n) is 14.2. The van der Waals surface area contributed by atoms with Crippen molar-refractivity contribution in [2.24, 2.45) is 0 Å². The van der Waals surface area contributed by atoms with E-state index in [2.05, 4.69) is 0 Å². The van der Waals surface area contributed by atoms with Crippen molar-refractivity contribution in [3.05, 3.63) is 71.8 Å². The molecule has 0 spiro atoms. The Balaban J connectivity index is 1.35. The first kappa shape index (κ1) is 18.1. The molecule has 0 N–H and O–H groups in total. The predicted octanol–water partition coefficient (Wildman–Crippen LogP) is 2.48. The van der Waals surface area contributed by atoms with E-state index in [0.29, 0.717) is 11.1 Å². The van der Waals surface area contributed by atoms with E-state index in [1.165, 1.54) is 0 Å². The van der Waals surface area contributed by atoms with Crippen molar-refractivity contribution in [3.8, 4) is 0 Å². The van der Waals surface area contributed by atoms with Crippen LogP contribution in [0.3, 0.4) is 0 Å². The lowest BCUT2D eigenvalue weighted by Crippen LogP contribution is -2.41. The highest BCUT2D eigenvalue weighted by Gasteiger charge is 2.25. The van der Waals surface area contributed by atoms with Gasteiger partial charge < -0.3 is 18.9 Å². The van der Waals surface area contributed by atoms with E-state index >= 15 is 0 Å². The second-order valence-electron chi connectivity index (χ2n) is 5.84. The summed E-state index contributed by atoms with van der Waals surface area (Å²) < 4.78 is 21.7. The molecule has 6 heteroatoms. The van der Waals surface area contributed by atoms with Crippen LogP contribution in [0.1, 0.15) is 20.7 Å². The maximum Gasteiger partial charge on any atom is 0.338 e. The largest absolute Gasteiger partial charge is 0.459 e. The first-order chi connectivity index (χ1) is 12.7. The Kier molecular flexibility index (Phi) is 6.35. The van der Waals surface area contributed by atoms with Crippen LogP contribution in [0.4, 0.5) is 0 Å². The van der Waals surface area contributed by atoms with Crippen molar-refractivity contribution in [1.29, 1.82) is 0 Å². The molecular formula is C20H20O6. The quantitative estimate of drug-likeness (QED) is 0.741. The second-order valence-corrected chi connectivity index (χ2v) is 5.84. The van der Waals surface area contributed by atoms with Crippen LogP contribution in [0, 0.1) is 0 Å². The molecule has 1 aliphatic heterocycles. The summed E-state index contributed by atoms with van der Waals surface area (Å²) in [6, 6.07) is 17.5. The fourth-order valence-electron chi connectivity index (χ4n) is 2.43. The van der Waals surface area contributed by atoms with Gasteiger partial charge in [0.1, 0.15) is 25.4 Å². The molecule has 1 saturated heterocycles. The van der Waals surface area contributed by atoms with Crippen molar-refractivity contribution in [3.63, 3.8) is 0 Å². The Labute approximate surface area is 151 Å². The van der Waals surface area contributed by atoms with Gasteiger partial charge in [0.2, 0.25) is 0 Å². The Morgan fingerprint density at radius 1 is 0.731 bits per heavy atom. The second kappa shape index (κ2) is 9.12. The van der Waals surface area contributed by atoms with Gasteiger partial charge in [-0.25, -0.2) is 9.59 Å². The summed E-state index contributed by atoms with van der Waals surface area (Å²) in [6.45, 7) is 0.778. The van der Waals surface area contributed by atoms with E-state index in [0.717, 1.165) is 0 Å². The molecule has 0 aromatic heterocycles. The SMILES string of the molecule is O=C(OC[C@@H]1CO[C@H](COC(=O)c2ccccc2)CO1)c1ccccc1. The van der Waals surface area contributed by atoms with Gasteiger partial charge in [0.15, 0.2) is 0 Å². The number of benzene rings is 2. The number of carbonyl (C=O) groups excluding carboxylic acids is 2. The lowest BCUT2D eigenvalue weighted by atomic mass is 10.2. The number of ether oxygens (including phenoxy) is 4. The molecule has 136 valence electrons. The molecule has 0 saturated carbocycles. The number of hydrogen-bond donors (Lipinski definition) is 0. The van der Waals surface area contributed by atoms with Crippen molar-refractivity contribution < 1.29 is 28.5 Å². The summed E-state index contributed by atoms with van der Waals surface area (Å²) >= 11 is 0. The van der Waals surface area contributed by atoms with Crippen molar-refractivity contribution in [2.45, 2.75) is 12.2 Å². The molecule has 1 heterocycles. The van der Waals surface area contributed by atoms with Crippen LogP contribution < -0.4 is 0 Å². The van der Waals surface area contributed by atoms with E-state index < -0.39 is 11.9 Å². The van der Waals surface area contributed by atoms with E-state index in [-0.39, 0.29) is 38.6 Å². The van der Waals surface area contributed by atoms with Gasteiger partial charge >= 0.3 is 11.9 Å². The molecule has 0 radical (unpaired) electrons. The smallest absolute Gasteiger partial charge is 0.338 e. The highest BCUT2D eigenvalue weighted by atomic mass is 16.6. The van der Waals surface area contributed by atoms with Gasteiger partial charge in [-0.3, -0.25) is 0 Å². The van der Waals surface area contributed by atoms with Gasteiger partial charge in [-0.15, -0.1) is 0 Å². The zero-order valence-corrected chi connectivity index (χ0v) is 14.2. The molecule has 1 aliphatic rings. The van der Waals surface area contributed by atoms with Gasteiger partial charge in [-0.2, -0.15) is 0 Å². The summed E-state index contributed by atoms with van der Waals surface area (Å²) in [5.74, 6) is -0.791. The maximum atomic E-state index is 11.9. The van der Waals surface area contributed by atoms with Crippen LogP contribution in [0.5, 0.6) is 0 Å². The monoisotopic (exact) mass is 356 g/mol. The number of hydrogen-bond acceptors (Lipinski definition) is 6. The molecule has 0 unspecified atom stereocenters. The minimum Gasteiger partial charge on any atom is -0.459 e. The topological polar surface area (TPSA) is 71.1 Å². The average molecular weight is 356 g/mol. The minimum absolute atomic E-state index is 0.115. The fraction of sp³-hybridized carbons (Fsp3) is 0.300. The Hall–Kier alpha value is -2.70. The maximum absolute atomic E-state index is 11.9. The summed E-state index contributed by atoms with van der Waals surface area (Å²) in [4.78, 5) is 23.8. The molecule has 0 aliphatic carbocycles. The van der Waals surface area contributed by atoms with Gasteiger partial charge in [0, 0.05) is 0 Å². The van der Waals surface area contributed by atoms with E-state index in [1.807, 2.05) is 12.1 Å². The van der Waals surface area contributed by atoms with Gasteiger partial charge in [-0.05, 0) is 24.3 Å². The zero-order chi connectivity index (χ0) is 18.2. The fourth-order valence-corrected chi connectivity index (χ4v) is 2.43. The Morgan fingerprint density at radius 2 is 1.12 bits per heavy atom. The molecule has 2 aromatic rings. The van der Waals surface area contributed by atoms with Crippen molar-refractivity contribution in [1.82, 2.24) is 0 Å². The van der Waals surface area contributed by atoms with E-state index in [9.17, 15) is 9.59 Å². The Bertz CT molecular complexity index is 644. The van der Waals surface area contributed by atoms with Crippen molar-refractivity contribution >= 4 is 11.9 Å². The third-order valence-electron chi connectivity index (χ3n) is 3.86. The van der Waals surface area contributed by atoms with Crippen LogP contribution >= 0.6 is 0 Å². The van der Waals surface area contributed by atoms with Gasteiger partial charge in [0.05, 0.1) is 24.3 Å². The molecule has 2 aromatic carbocycles. The van der Waals surface area contributed by atoms with Gasteiger partial charge in [-0.1, -0.05) is 36.4 Å². The highest BCUT2D eigenvalue weighted by Crippen LogP contribution is 2.11. The lowest BCUT2D eigenvalue weighted by molar-refractivity contribution is -0.156. The number of carbonyl (C=O) groups is 2. The van der Waals surface area contributed by atoms with Crippen LogP contribution in [0.2, 0.25) is 0 Å². The lowest BCUT2D eigenvalue weighted by Gasteiger charge is -2.28. The molecule has 1 fully saturated rings. The summed E-state index contributed by atoms with van der Waals surface area (Å²) in [6.07, 6.45) is -0.660. The molecule has 0 bridgehead atoms. The first-order valence-corrected chi connectivity index (χ1v) is 8.40. The van der Waals surface area contributed by atoms with Crippen LogP contribution in [0.15, 0.2) is 60.7 Å². The van der Waals surface area contributed by atoms with Crippen LogP contribution in [0.25, 0.3) is 0 Å². The molecule has 0 amide bonds. The minimum atomic E-state index is -0.395. The first-order valence-electron chi connectivity index (χ1n) is 8.40.